The van der Waals surface area contributed by atoms with Crippen LogP contribution in [0.1, 0.15) is 44.9 Å². The molecule has 0 radical (unpaired) electrons. The molecule has 2 aliphatic carbocycles. The second-order valence-electron chi connectivity index (χ2n) is 4.91. The highest BCUT2D eigenvalue weighted by atomic mass is 16.3. The van der Waals surface area contributed by atoms with Gasteiger partial charge in [0.2, 0.25) is 0 Å². The number of aliphatic hydroxyl groups excluding tert-OH is 1. The lowest BCUT2D eigenvalue weighted by molar-refractivity contribution is 0.134. The minimum atomic E-state index is 0.0422. The Labute approximate surface area is 80.5 Å². The summed E-state index contributed by atoms with van der Waals surface area (Å²) in [6, 6.07) is 0.0422. The van der Waals surface area contributed by atoms with E-state index in [0.29, 0.717) is 11.3 Å². The Kier molecular flexibility index (Phi) is 2.61. The summed E-state index contributed by atoms with van der Waals surface area (Å²) in [6.07, 6.45) is 9.45. The molecule has 13 heavy (non-hydrogen) atoms. The summed E-state index contributed by atoms with van der Waals surface area (Å²) in [5.74, 6) is 0.611. The van der Waals surface area contributed by atoms with Gasteiger partial charge >= 0.3 is 0 Å². The van der Waals surface area contributed by atoms with Gasteiger partial charge in [-0.05, 0) is 37.0 Å². The molecule has 0 amide bonds. The minimum Gasteiger partial charge on any atom is -0.395 e. The van der Waals surface area contributed by atoms with Crippen LogP contribution in [0.2, 0.25) is 0 Å². The van der Waals surface area contributed by atoms with Crippen LogP contribution in [-0.4, -0.2) is 17.8 Å². The van der Waals surface area contributed by atoms with Gasteiger partial charge in [-0.2, -0.15) is 0 Å². The van der Waals surface area contributed by atoms with Gasteiger partial charge in [-0.25, -0.2) is 0 Å². The van der Waals surface area contributed by atoms with Crippen molar-refractivity contribution in [2.45, 2.75) is 51.0 Å². The monoisotopic (exact) mass is 183 g/mol. The Bertz CT molecular complexity index is 169. The summed E-state index contributed by atoms with van der Waals surface area (Å²) in [4.78, 5) is 0. The lowest BCUT2D eigenvalue weighted by atomic mass is 9.73. The molecule has 2 aliphatic rings. The average Bonchev–Trinajstić information content (AvgIpc) is 2.76. The Hall–Kier alpha value is -0.0800. The molecule has 1 spiro atoms. The van der Waals surface area contributed by atoms with Gasteiger partial charge in [0.1, 0.15) is 0 Å². The lowest BCUT2D eigenvalue weighted by Crippen LogP contribution is -2.40. The van der Waals surface area contributed by atoms with Gasteiger partial charge in [0.25, 0.3) is 0 Å². The number of nitrogens with two attached hydrogens (primary N) is 1. The van der Waals surface area contributed by atoms with Crippen LogP contribution in [0.4, 0.5) is 0 Å². The molecule has 2 fully saturated rings. The third-order valence-corrected chi connectivity index (χ3v) is 4.30. The summed E-state index contributed by atoms with van der Waals surface area (Å²) >= 11 is 0. The standard InChI is InChI=1S/C11H21NO/c12-10(8-13)9-4-3-7-11(9)5-1-2-6-11/h9-10,13H,1-8,12H2. The van der Waals surface area contributed by atoms with Gasteiger partial charge in [-0.1, -0.05) is 19.3 Å². The van der Waals surface area contributed by atoms with E-state index in [2.05, 4.69) is 0 Å². The van der Waals surface area contributed by atoms with Gasteiger partial charge < -0.3 is 10.8 Å². The van der Waals surface area contributed by atoms with Crippen LogP contribution in [0.15, 0.2) is 0 Å². The van der Waals surface area contributed by atoms with Gasteiger partial charge in [0.05, 0.1) is 6.61 Å². The van der Waals surface area contributed by atoms with Crippen LogP contribution in [-0.2, 0) is 0 Å². The van der Waals surface area contributed by atoms with Gasteiger partial charge in [0.15, 0.2) is 0 Å². The maximum absolute atomic E-state index is 9.11. The van der Waals surface area contributed by atoms with Crippen molar-refractivity contribution < 1.29 is 5.11 Å². The van der Waals surface area contributed by atoms with E-state index in [9.17, 15) is 0 Å². The summed E-state index contributed by atoms with van der Waals surface area (Å²) in [5.41, 5.74) is 6.53. The summed E-state index contributed by atoms with van der Waals surface area (Å²) in [5, 5.41) is 9.11. The van der Waals surface area contributed by atoms with Crippen LogP contribution < -0.4 is 5.73 Å². The molecule has 2 unspecified atom stereocenters. The first kappa shape index (κ1) is 9.47. The van der Waals surface area contributed by atoms with Crippen LogP contribution in [0, 0.1) is 11.3 Å². The molecule has 0 heterocycles. The predicted molar refractivity (Wildman–Crippen MR) is 53.3 cm³/mol. The number of hydrogen-bond donors (Lipinski definition) is 2. The summed E-state index contributed by atoms with van der Waals surface area (Å²) in [6.45, 7) is 0.173. The zero-order valence-electron chi connectivity index (χ0n) is 8.34. The topological polar surface area (TPSA) is 46.2 Å². The number of rotatable bonds is 2. The maximum Gasteiger partial charge on any atom is 0.0585 e. The van der Waals surface area contributed by atoms with Crippen LogP contribution in [0.3, 0.4) is 0 Å². The van der Waals surface area contributed by atoms with E-state index in [-0.39, 0.29) is 12.6 Å². The third kappa shape index (κ3) is 1.50. The highest BCUT2D eigenvalue weighted by Gasteiger charge is 2.46. The smallest absolute Gasteiger partial charge is 0.0585 e. The predicted octanol–water partition coefficient (Wildman–Crippen LogP) is 1.67. The molecule has 2 rings (SSSR count). The van der Waals surface area contributed by atoms with Crippen molar-refractivity contribution in [1.29, 1.82) is 0 Å². The molecular formula is C11H21NO. The van der Waals surface area contributed by atoms with E-state index in [0.717, 1.165) is 0 Å². The van der Waals surface area contributed by atoms with E-state index in [1.807, 2.05) is 0 Å². The van der Waals surface area contributed by atoms with E-state index < -0.39 is 0 Å². The zero-order chi connectivity index (χ0) is 9.31. The van der Waals surface area contributed by atoms with Crippen LogP contribution >= 0.6 is 0 Å². The molecule has 2 nitrogen and oxygen atoms in total. The summed E-state index contributed by atoms with van der Waals surface area (Å²) < 4.78 is 0. The molecule has 0 saturated heterocycles. The van der Waals surface area contributed by atoms with Crippen molar-refractivity contribution in [3.8, 4) is 0 Å². The molecule has 2 heteroatoms. The Morgan fingerprint density at radius 1 is 1.23 bits per heavy atom. The average molecular weight is 183 g/mol. The van der Waals surface area contributed by atoms with Crippen molar-refractivity contribution in [1.82, 2.24) is 0 Å². The van der Waals surface area contributed by atoms with Crippen molar-refractivity contribution in [3.05, 3.63) is 0 Å². The largest absolute Gasteiger partial charge is 0.395 e. The van der Waals surface area contributed by atoms with Crippen molar-refractivity contribution in [2.75, 3.05) is 6.61 Å². The second kappa shape index (κ2) is 3.58. The fraction of sp³-hybridized carbons (Fsp3) is 1.00. The normalized spacial score (nSPS) is 34.2. The van der Waals surface area contributed by atoms with Crippen molar-refractivity contribution in [2.24, 2.45) is 17.1 Å². The fourth-order valence-electron chi connectivity index (χ4n) is 3.66. The molecule has 76 valence electrons. The van der Waals surface area contributed by atoms with E-state index in [1.54, 1.807) is 0 Å². The van der Waals surface area contributed by atoms with E-state index in [1.165, 1.54) is 44.9 Å². The lowest BCUT2D eigenvalue weighted by Gasteiger charge is -2.34. The second-order valence-corrected chi connectivity index (χ2v) is 4.91. The Balaban J connectivity index is 2.08. The first-order chi connectivity index (χ1) is 6.28. The minimum absolute atomic E-state index is 0.0422. The van der Waals surface area contributed by atoms with Gasteiger partial charge in [-0.15, -0.1) is 0 Å². The molecule has 2 atom stereocenters. The molecule has 3 N–H and O–H groups in total. The van der Waals surface area contributed by atoms with Crippen LogP contribution in [0.5, 0.6) is 0 Å². The number of aliphatic hydroxyl groups is 1. The van der Waals surface area contributed by atoms with E-state index >= 15 is 0 Å². The Morgan fingerprint density at radius 2 is 1.85 bits per heavy atom. The van der Waals surface area contributed by atoms with Gasteiger partial charge in [-0.3, -0.25) is 0 Å². The van der Waals surface area contributed by atoms with Gasteiger partial charge in [0, 0.05) is 6.04 Å². The summed E-state index contributed by atoms with van der Waals surface area (Å²) in [7, 11) is 0. The molecular weight excluding hydrogens is 162 g/mol. The number of hydrogen-bond acceptors (Lipinski definition) is 2. The van der Waals surface area contributed by atoms with E-state index in [4.69, 9.17) is 10.8 Å². The Morgan fingerprint density at radius 3 is 2.46 bits per heavy atom. The van der Waals surface area contributed by atoms with Crippen molar-refractivity contribution >= 4 is 0 Å². The molecule has 0 aromatic carbocycles. The first-order valence-electron chi connectivity index (χ1n) is 5.65. The van der Waals surface area contributed by atoms with Crippen molar-refractivity contribution in [3.63, 3.8) is 0 Å². The SMILES string of the molecule is NC(CO)C1CCCC12CCCC2. The fourth-order valence-corrected chi connectivity index (χ4v) is 3.66. The zero-order valence-corrected chi connectivity index (χ0v) is 8.34. The molecule has 0 aromatic heterocycles. The molecule has 0 aromatic rings. The molecule has 0 bridgehead atoms. The molecule has 0 aliphatic heterocycles. The quantitative estimate of drug-likeness (QED) is 0.684. The highest BCUT2D eigenvalue weighted by molar-refractivity contribution is 4.98. The maximum atomic E-state index is 9.11. The highest BCUT2D eigenvalue weighted by Crippen LogP contribution is 2.54. The third-order valence-electron chi connectivity index (χ3n) is 4.30. The first-order valence-corrected chi connectivity index (χ1v) is 5.65. The molecule has 2 saturated carbocycles. The van der Waals surface area contributed by atoms with Crippen LogP contribution in [0.25, 0.3) is 0 Å².